The third-order valence-electron chi connectivity index (χ3n) is 9.38. The fourth-order valence-electron chi connectivity index (χ4n) is 7.20. The molecule has 1 aliphatic heterocycles. The lowest BCUT2D eigenvalue weighted by Gasteiger charge is -2.39. The maximum atomic E-state index is 14.3. The molecule has 2 aromatic carbocycles. The van der Waals surface area contributed by atoms with Crippen molar-refractivity contribution < 1.29 is 32.6 Å². The largest absolute Gasteiger partial charge is 0.480 e. The van der Waals surface area contributed by atoms with Crippen LogP contribution >= 0.6 is 0 Å². The molecule has 2 fully saturated rings. The Kier molecular flexibility index (Phi) is 11.7. The Morgan fingerprint density at radius 2 is 1.75 bits per heavy atom. The van der Waals surface area contributed by atoms with Crippen molar-refractivity contribution in [1.82, 2.24) is 14.7 Å². The highest BCUT2D eigenvalue weighted by atomic mass is 19.2. The third-order valence-corrected chi connectivity index (χ3v) is 9.38. The molecule has 0 aromatic heterocycles. The Hall–Kier alpha value is -3.11. The molecule has 4 rings (SSSR count). The number of hydrogen-bond acceptors (Lipinski definition) is 5. The summed E-state index contributed by atoms with van der Waals surface area (Å²) in [5, 5.41) is 9.92. The SMILES string of the molecule is CCCN(C(=O)OCc1ccc(F)c(F)c1)C1CCN(C[C@H]2C[C@H](N(C)[C@@H](C(=O)O)C(C)C)C[C@@H]2c2cccc(F)c2)CC1. The molecule has 0 unspecified atom stereocenters. The topological polar surface area (TPSA) is 73.3 Å². The molecule has 2 aliphatic rings. The molecule has 1 amide bonds. The number of amides is 1. The van der Waals surface area contributed by atoms with Crippen LogP contribution < -0.4 is 0 Å². The Bertz CT molecular complexity index is 1270. The standard InChI is InChI=1S/C34H46F3N3O4/c1-5-13-40(34(43)44-21-23-9-10-30(36)31(37)16-23)27-11-14-39(15-12-27)20-25-18-28(38(4)32(22(2)3)33(41)42)19-29(25)24-7-6-8-26(35)17-24/h6-10,16-17,22,25,27-29,32H,5,11-15,18-21H2,1-4H3,(H,41,42)/t25-,28+,29-,32-/m1/s1. The molecule has 1 saturated heterocycles. The lowest BCUT2D eigenvalue weighted by atomic mass is 9.88. The zero-order valence-electron chi connectivity index (χ0n) is 26.2. The number of piperidine rings is 1. The van der Waals surface area contributed by atoms with Gasteiger partial charge >= 0.3 is 12.1 Å². The summed E-state index contributed by atoms with van der Waals surface area (Å²) in [6.07, 6.45) is 3.45. The van der Waals surface area contributed by atoms with Gasteiger partial charge in [-0.15, -0.1) is 0 Å². The minimum Gasteiger partial charge on any atom is -0.480 e. The van der Waals surface area contributed by atoms with E-state index < -0.39 is 29.7 Å². The number of carbonyl (C=O) groups is 2. The van der Waals surface area contributed by atoms with Gasteiger partial charge in [-0.25, -0.2) is 18.0 Å². The fourth-order valence-corrected chi connectivity index (χ4v) is 7.20. The lowest BCUT2D eigenvalue weighted by Crippen LogP contribution is -2.49. The van der Waals surface area contributed by atoms with Crippen molar-refractivity contribution in [3.8, 4) is 0 Å². The minimum absolute atomic E-state index is 0.00694. The number of aliphatic carboxylic acids is 1. The summed E-state index contributed by atoms with van der Waals surface area (Å²) in [5.74, 6) is -2.71. The zero-order valence-corrected chi connectivity index (χ0v) is 26.2. The van der Waals surface area contributed by atoms with E-state index in [4.69, 9.17) is 4.74 Å². The molecular weight excluding hydrogens is 571 g/mol. The van der Waals surface area contributed by atoms with E-state index in [0.29, 0.717) is 12.1 Å². The van der Waals surface area contributed by atoms with E-state index >= 15 is 0 Å². The smallest absolute Gasteiger partial charge is 0.410 e. The van der Waals surface area contributed by atoms with Gasteiger partial charge in [0.2, 0.25) is 0 Å². The van der Waals surface area contributed by atoms with E-state index in [1.165, 1.54) is 12.1 Å². The summed E-state index contributed by atoms with van der Waals surface area (Å²) in [6, 6.07) is 9.73. The third kappa shape index (κ3) is 8.33. The second-order valence-corrected chi connectivity index (χ2v) is 12.8. The fraction of sp³-hybridized carbons (Fsp3) is 0.588. The van der Waals surface area contributed by atoms with Gasteiger partial charge in [0.1, 0.15) is 18.5 Å². The molecule has 1 aliphatic carbocycles. The summed E-state index contributed by atoms with van der Waals surface area (Å²) >= 11 is 0. The van der Waals surface area contributed by atoms with E-state index in [0.717, 1.165) is 69.4 Å². The molecule has 1 N–H and O–H groups in total. The first-order valence-electron chi connectivity index (χ1n) is 15.8. The van der Waals surface area contributed by atoms with Crippen molar-refractivity contribution in [2.24, 2.45) is 11.8 Å². The van der Waals surface area contributed by atoms with Crippen molar-refractivity contribution in [3.05, 3.63) is 71.0 Å². The number of carboxylic acids is 1. The molecule has 2 aromatic rings. The Morgan fingerprint density at radius 1 is 1.02 bits per heavy atom. The van der Waals surface area contributed by atoms with Crippen LogP contribution in [0.5, 0.6) is 0 Å². The Morgan fingerprint density at radius 3 is 2.36 bits per heavy atom. The molecular formula is C34H46F3N3O4. The number of halogens is 3. The van der Waals surface area contributed by atoms with Gasteiger partial charge in [0, 0.05) is 38.3 Å². The Labute approximate surface area is 259 Å². The number of ether oxygens (including phenoxy) is 1. The average Bonchev–Trinajstić information content (AvgIpc) is 3.40. The average molecular weight is 618 g/mol. The predicted molar refractivity (Wildman–Crippen MR) is 163 cm³/mol. The molecule has 1 heterocycles. The molecule has 44 heavy (non-hydrogen) atoms. The van der Waals surface area contributed by atoms with Gasteiger partial charge in [0.05, 0.1) is 0 Å². The summed E-state index contributed by atoms with van der Waals surface area (Å²) in [5.41, 5.74) is 1.34. The van der Waals surface area contributed by atoms with Gasteiger partial charge in [-0.2, -0.15) is 0 Å². The minimum atomic E-state index is -0.974. The van der Waals surface area contributed by atoms with Gasteiger partial charge in [0.25, 0.3) is 0 Å². The first-order chi connectivity index (χ1) is 21.0. The molecule has 10 heteroatoms. The first-order valence-corrected chi connectivity index (χ1v) is 15.8. The zero-order chi connectivity index (χ0) is 32.0. The molecule has 1 saturated carbocycles. The summed E-state index contributed by atoms with van der Waals surface area (Å²) < 4.78 is 46.6. The highest BCUT2D eigenvalue weighted by molar-refractivity contribution is 5.73. The van der Waals surface area contributed by atoms with Gasteiger partial charge in [-0.3, -0.25) is 9.69 Å². The van der Waals surface area contributed by atoms with Crippen molar-refractivity contribution in [2.75, 3.05) is 33.2 Å². The molecule has 7 nitrogen and oxygen atoms in total. The molecule has 4 atom stereocenters. The molecule has 242 valence electrons. The van der Waals surface area contributed by atoms with Crippen LogP contribution in [0.2, 0.25) is 0 Å². The van der Waals surface area contributed by atoms with Crippen LogP contribution in [-0.4, -0.2) is 83.2 Å². The van der Waals surface area contributed by atoms with Crippen molar-refractivity contribution in [1.29, 1.82) is 0 Å². The van der Waals surface area contributed by atoms with E-state index in [1.54, 1.807) is 17.0 Å². The van der Waals surface area contributed by atoms with Gasteiger partial charge in [0.15, 0.2) is 11.6 Å². The number of carbonyl (C=O) groups excluding carboxylic acids is 1. The summed E-state index contributed by atoms with van der Waals surface area (Å²) in [4.78, 5) is 31.3. The van der Waals surface area contributed by atoms with Crippen LogP contribution in [-0.2, 0) is 16.1 Å². The molecule has 0 radical (unpaired) electrons. The maximum absolute atomic E-state index is 14.3. The van der Waals surface area contributed by atoms with Gasteiger partial charge in [-0.05, 0) is 92.3 Å². The molecule has 0 bridgehead atoms. The van der Waals surface area contributed by atoms with E-state index in [2.05, 4.69) is 4.90 Å². The summed E-state index contributed by atoms with van der Waals surface area (Å²) in [7, 11) is 1.90. The van der Waals surface area contributed by atoms with Crippen LogP contribution in [0.15, 0.2) is 42.5 Å². The van der Waals surface area contributed by atoms with E-state index in [1.807, 2.05) is 38.8 Å². The van der Waals surface area contributed by atoms with Crippen LogP contribution in [0.4, 0.5) is 18.0 Å². The van der Waals surface area contributed by atoms with Crippen LogP contribution in [0.1, 0.15) is 69.9 Å². The monoisotopic (exact) mass is 617 g/mol. The normalized spacial score (nSPS) is 22.0. The highest BCUT2D eigenvalue weighted by Gasteiger charge is 2.42. The van der Waals surface area contributed by atoms with Crippen molar-refractivity contribution >= 4 is 12.1 Å². The number of benzene rings is 2. The number of carboxylic acid groups (broad SMARTS) is 1. The van der Waals surface area contributed by atoms with Crippen molar-refractivity contribution in [3.63, 3.8) is 0 Å². The lowest BCUT2D eigenvalue weighted by molar-refractivity contribution is -0.145. The second-order valence-electron chi connectivity index (χ2n) is 12.8. The number of likely N-dealkylation sites (tertiary alicyclic amines) is 1. The van der Waals surface area contributed by atoms with Crippen LogP contribution in [0.25, 0.3) is 0 Å². The summed E-state index contributed by atoms with van der Waals surface area (Å²) in [6.45, 7) is 8.65. The number of rotatable bonds is 12. The first kappa shape index (κ1) is 33.8. The van der Waals surface area contributed by atoms with Crippen LogP contribution in [0.3, 0.4) is 0 Å². The van der Waals surface area contributed by atoms with Gasteiger partial charge in [-0.1, -0.05) is 39.0 Å². The molecule has 0 spiro atoms. The number of nitrogens with zero attached hydrogens (tertiary/aromatic N) is 3. The number of hydrogen-bond donors (Lipinski definition) is 1. The second kappa shape index (κ2) is 15.3. The highest BCUT2D eigenvalue weighted by Crippen LogP contribution is 2.43. The van der Waals surface area contributed by atoms with Crippen LogP contribution in [0, 0.1) is 29.3 Å². The van der Waals surface area contributed by atoms with Gasteiger partial charge < -0.3 is 19.6 Å². The van der Waals surface area contributed by atoms with E-state index in [9.17, 15) is 27.9 Å². The van der Waals surface area contributed by atoms with Crippen molar-refractivity contribution in [2.45, 2.75) is 83.5 Å². The predicted octanol–water partition coefficient (Wildman–Crippen LogP) is 6.52. The maximum Gasteiger partial charge on any atom is 0.410 e. The van der Waals surface area contributed by atoms with E-state index in [-0.39, 0.29) is 42.3 Å². The number of likely N-dealkylation sites (N-methyl/N-ethyl adjacent to an activating group) is 1. The quantitative estimate of drug-likeness (QED) is 0.293. The Balaban J connectivity index is 1.39.